The number of aromatic hydroxyl groups is 2. The number of hydrogen-bond acceptors (Lipinski definition) is 5. The van der Waals surface area contributed by atoms with Crippen molar-refractivity contribution >= 4 is 28.3 Å². The molecule has 0 aromatic heterocycles. The maximum atomic E-state index is 9.83. The third-order valence-electron chi connectivity index (χ3n) is 4.09. The van der Waals surface area contributed by atoms with Gasteiger partial charge in [-0.3, -0.25) is 0 Å². The summed E-state index contributed by atoms with van der Waals surface area (Å²) in [5.74, 6) is 1.25. The highest BCUT2D eigenvalue weighted by Gasteiger charge is 2.27. The van der Waals surface area contributed by atoms with Gasteiger partial charge in [0.1, 0.15) is 0 Å². The third-order valence-corrected chi connectivity index (χ3v) is 4.78. The third kappa shape index (κ3) is 2.71. The molecular weight excluding hydrogens is 386 g/mol. The van der Waals surface area contributed by atoms with Gasteiger partial charge < -0.3 is 25.0 Å². The number of nitrogens with one attached hydrogen (secondary N) is 1. The Bertz CT molecular complexity index is 768. The molecule has 122 valence electrons. The maximum absolute atomic E-state index is 9.83. The Hall–Kier alpha value is -1.63. The lowest BCUT2D eigenvalue weighted by molar-refractivity contribution is 0.174. The minimum Gasteiger partial charge on any atom is -0.504 e. The summed E-state index contributed by atoms with van der Waals surface area (Å²) in [5, 5.41) is 23.0. The number of fused-ring (bicyclic) bond motifs is 2. The Balaban J connectivity index is 0.00000156. The fourth-order valence-corrected chi connectivity index (χ4v) is 3.57. The molecule has 0 saturated carbocycles. The van der Waals surface area contributed by atoms with Crippen molar-refractivity contribution in [2.75, 3.05) is 13.3 Å². The van der Waals surface area contributed by atoms with Gasteiger partial charge in [0.2, 0.25) is 6.79 Å². The SMILES string of the molecule is Cl.Oc1cc2c(cc1O)C(c1cc3c(cc1Br)OCO3)NCC2. The minimum atomic E-state index is -0.107. The average molecular weight is 401 g/mol. The van der Waals surface area contributed by atoms with Crippen LogP contribution in [0.15, 0.2) is 28.7 Å². The summed E-state index contributed by atoms with van der Waals surface area (Å²) >= 11 is 3.58. The van der Waals surface area contributed by atoms with Gasteiger partial charge in [0.15, 0.2) is 23.0 Å². The first-order valence-corrected chi connectivity index (χ1v) is 7.80. The molecule has 2 aliphatic rings. The molecule has 3 N–H and O–H groups in total. The molecule has 0 bridgehead atoms. The molecule has 4 rings (SSSR count). The largest absolute Gasteiger partial charge is 0.504 e. The van der Waals surface area contributed by atoms with Crippen LogP contribution in [0.5, 0.6) is 23.0 Å². The van der Waals surface area contributed by atoms with Gasteiger partial charge in [-0.2, -0.15) is 0 Å². The quantitative estimate of drug-likeness (QED) is 0.641. The van der Waals surface area contributed by atoms with E-state index in [4.69, 9.17) is 9.47 Å². The second-order valence-electron chi connectivity index (χ2n) is 5.40. The Morgan fingerprint density at radius 2 is 1.70 bits per heavy atom. The Morgan fingerprint density at radius 3 is 2.48 bits per heavy atom. The summed E-state index contributed by atoms with van der Waals surface area (Å²) in [4.78, 5) is 0. The van der Waals surface area contributed by atoms with E-state index in [1.165, 1.54) is 0 Å². The van der Waals surface area contributed by atoms with E-state index in [0.717, 1.165) is 45.6 Å². The van der Waals surface area contributed by atoms with E-state index in [2.05, 4.69) is 21.2 Å². The van der Waals surface area contributed by atoms with Crippen LogP contribution in [0.4, 0.5) is 0 Å². The summed E-state index contributed by atoms with van der Waals surface area (Å²) in [5.41, 5.74) is 3.00. The fourth-order valence-electron chi connectivity index (χ4n) is 3.01. The first kappa shape index (κ1) is 16.2. The molecule has 2 heterocycles. The van der Waals surface area contributed by atoms with E-state index in [1.807, 2.05) is 12.1 Å². The van der Waals surface area contributed by atoms with Crippen molar-refractivity contribution < 1.29 is 19.7 Å². The number of ether oxygens (including phenoxy) is 2. The second kappa shape index (κ2) is 6.11. The minimum absolute atomic E-state index is 0. The number of rotatable bonds is 1. The maximum Gasteiger partial charge on any atom is 0.231 e. The van der Waals surface area contributed by atoms with E-state index < -0.39 is 0 Å². The second-order valence-corrected chi connectivity index (χ2v) is 6.26. The highest BCUT2D eigenvalue weighted by atomic mass is 79.9. The summed E-state index contributed by atoms with van der Waals surface area (Å²) < 4.78 is 11.7. The average Bonchev–Trinajstić information content (AvgIpc) is 2.94. The van der Waals surface area contributed by atoms with Gasteiger partial charge >= 0.3 is 0 Å². The van der Waals surface area contributed by atoms with Crippen LogP contribution in [-0.4, -0.2) is 23.6 Å². The molecule has 2 aliphatic heterocycles. The van der Waals surface area contributed by atoms with Crippen LogP contribution in [-0.2, 0) is 6.42 Å². The highest BCUT2D eigenvalue weighted by molar-refractivity contribution is 9.10. The van der Waals surface area contributed by atoms with Gasteiger partial charge in [-0.05, 0) is 47.4 Å². The van der Waals surface area contributed by atoms with Crippen molar-refractivity contribution in [2.24, 2.45) is 0 Å². The van der Waals surface area contributed by atoms with Crippen LogP contribution < -0.4 is 14.8 Å². The van der Waals surface area contributed by atoms with Crippen LogP contribution in [0.25, 0.3) is 0 Å². The van der Waals surface area contributed by atoms with Crippen LogP contribution in [0.1, 0.15) is 22.7 Å². The van der Waals surface area contributed by atoms with Crippen molar-refractivity contribution in [2.45, 2.75) is 12.5 Å². The smallest absolute Gasteiger partial charge is 0.231 e. The lowest BCUT2D eigenvalue weighted by atomic mass is 9.89. The van der Waals surface area contributed by atoms with Crippen molar-refractivity contribution in [1.29, 1.82) is 0 Å². The number of hydrogen-bond donors (Lipinski definition) is 3. The van der Waals surface area contributed by atoms with E-state index in [1.54, 1.807) is 12.1 Å². The molecular formula is C16H15BrClNO4. The standard InChI is InChI=1S/C16H14BrNO4.ClH/c17-11-6-15-14(21-7-22-15)5-10(11)16-9-4-13(20)12(19)3-8(9)1-2-18-16;/h3-6,16,18-20H,1-2,7H2;1H. The Kier molecular flexibility index (Phi) is 4.31. The van der Waals surface area contributed by atoms with Crippen LogP contribution in [0.3, 0.4) is 0 Å². The predicted octanol–water partition coefficient (Wildman–Crippen LogP) is 3.25. The fraction of sp³-hybridized carbons (Fsp3) is 0.250. The van der Waals surface area contributed by atoms with E-state index >= 15 is 0 Å². The normalized spacial score (nSPS) is 18.2. The zero-order valence-corrected chi connectivity index (χ0v) is 14.4. The predicted molar refractivity (Wildman–Crippen MR) is 90.8 cm³/mol. The molecule has 5 nitrogen and oxygen atoms in total. The molecule has 1 unspecified atom stereocenters. The van der Waals surface area contributed by atoms with Gasteiger partial charge in [-0.25, -0.2) is 0 Å². The van der Waals surface area contributed by atoms with Crippen molar-refractivity contribution in [3.8, 4) is 23.0 Å². The lowest BCUT2D eigenvalue weighted by Gasteiger charge is -2.28. The van der Waals surface area contributed by atoms with Crippen molar-refractivity contribution in [3.05, 3.63) is 45.4 Å². The first-order chi connectivity index (χ1) is 10.6. The van der Waals surface area contributed by atoms with Crippen LogP contribution in [0.2, 0.25) is 0 Å². The zero-order valence-electron chi connectivity index (χ0n) is 12.0. The molecule has 0 spiro atoms. The van der Waals surface area contributed by atoms with Crippen molar-refractivity contribution in [1.82, 2.24) is 5.32 Å². The monoisotopic (exact) mass is 399 g/mol. The van der Waals surface area contributed by atoms with Gasteiger partial charge in [-0.1, -0.05) is 15.9 Å². The molecule has 0 saturated heterocycles. The Labute approximate surface area is 147 Å². The zero-order chi connectivity index (χ0) is 15.3. The summed E-state index contributed by atoms with van der Waals surface area (Å²) in [7, 11) is 0. The first-order valence-electron chi connectivity index (χ1n) is 7.00. The topological polar surface area (TPSA) is 71.0 Å². The highest BCUT2D eigenvalue weighted by Crippen LogP contribution is 2.43. The molecule has 2 aromatic carbocycles. The molecule has 2 aromatic rings. The van der Waals surface area contributed by atoms with E-state index in [0.29, 0.717) is 0 Å². The summed E-state index contributed by atoms with van der Waals surface area (Å²) in [6, 6.07) is 7.02. The lowest BCUT2D eigenvalue weighted by Crippen LogP contribution is -2.30. The number of halogens is 2. The molecule has 0 aliphatic carbocycles. The van der Waals surface area contributed by atoms with Gasteiger partial charge in [0.25, 0.3) is 0 Å². The van der Waals surface area contributed by atoms with Crippen LogP contribution in [0, 0.1) is 0 Å². The van der Waals surface area contributed by atoms with Gasteiger partial charge in [0, 0.05) is 11.0 Å². The van der Waals surface area contributed by atoms with Crippen LogP contribution >= 0.6 is 28.3 Å². The Morgan fingerprint density at radius 1 is 1.00 bits per heavy atom. The van der Waals surface area contributed by atoms with Gasteiger partial charge in [-0.15, -0.1) is 12.4 Å². The van der Waals surface area contributed by atoms with E-state index in [9.17, 15) is 10.2 Å². The summed E-state index contributed by atoms with van der Waals surface area (Å²) in [6.45, 7) is 1.03. The summed E-state index contributed by atoms with van der Waals surface area (Å²) in [6.07, 6.45) is 0.807. The van der Waals surface area contributed by atoms with Crippen molar-refractivity contribution in [3.63, 3.8) is 0 Å². The molecule has 0 fully saturated rings. The molecule has 23 heavy (non-hydrogen) atoms. The molecule has 1 atom stereocenters. The number of phenolic OH excluding ortho intramolecular Hbond substituents is 2. The number of benzene rings is 2. The van der Waals surface area contributed by atoms with E-state index in [-0.39, 0.29) is 36.7 Å². The molecule has 0 amide bonds. The number of phenols is 2. The van der Waals surface area contributed by atoms with Gasteiger partial charge in [0.05, 0.1) is 6.04 Å². The molecule has 0 radical (unpaired) electrons. The molecule has 7 heteroatoms.